The van der Waals surface area contributed by atoms with Crippen molar-refractivity contribution in [3.8, 4) is 0 Å². The minimum Gasteiger partial charge on any atom is -0.445 e. The molecule has 166 valence electrons. The van der Waals surface area contributed by atoms with E-state index in [4.69, 9.17) is 9.47 Å². The van der Waals surface area contributed by atoms with Crippen LogP contribution in [0, 0.1) is 6.92 Å². The number of carbonyl (C=O) groups excluding carboxylic acids is 2. The zero-order valence-electron chi connectivity index (χ0n) is 18.2. The molecular weight excluding hydrogens is 394 g/mol. The maximum Gasteiger partial charge on any atom is 0.408 e. The molecule has 2 aromatic rings. The van der Waals surface area contributed by atoms with Gasteiger partial charge >= 0.3 is 6.09 Å². The fourth-order valence-electron chi connectivity index (χ4n) is 3.38. The zero-order valence-corrected chi connectivity index (χ0v) is 18.2. The van der Waals surface area contributed by atoms with Crippen LogP contribution in [0.15, 0.2) is 54.6 Å². The third-order valence-electron chi connectivity index (χ3n) is 5.28. The Balaban J connectivity index is 1.56. The summed E-state index contributed by atoms with van der Waals surface area (Å²) in [6, 6.07) is 16.7. The molecule has 3 rings (SSSR count). The molecule has 1 aliphatic rings. The van der Waals surface area contributed by atoms with Crippen LogP contribution < -0.4 is 10.6 Å². The van der Waals surface area contributed by atoms with Crippen molar-refractivity contribution >= 4 is 12.0 Å². The number of hydrogen-bond donors (Lipinski definition) is 2. The van der Waals surface area contributed by atoms with Gasteiger partial charge in [-0.25, -0.2) is 4.79 Å². The molecule has 1 unspecified atom stereocenters. The lowest BCUT2D eigenvalue weighted by Gasteiger charge is -2.31. The molecule has 1 fully saturated rings. The number of benzene rings is 2. The number of aryl methyl sites for hydroxylation is 1. The number of nitrogens with zero attached hydrogens (tertiary/aromatic N) is 1. The summed E-state index contributed by atoms with van der Waals surface area (Å²) in [6.07, 6.45) is -0.619. The number of nitrogens with one attached hydrogen (secondary N) is 2. The maximum absolute atomic E-state index is 12.8. The first-order valence-corrected chi connectivity index (χ1v) is 10.7. The third-order valence-corrected chi connectivity index (χ3v) is 5.28. The van der Waals surface area contributed by atoms with E-state index >= 15 is 0 Å². The standard InChI is InChI=1S/C24H31N3O4/c1-18-8-10-21(11-9-18)22(16-27-12-14-30-15-13-27)26-23(28)19(2)25-24(29)31-17-20-6-4-3-5-7-20/h3-11,19,22H,12-17H2,1-2H3,(H,25,29)(H,26,28)/t19-,22?/m0/s1. The SMILES string of the molecule is Cc1ccc(C(CN2CCOCC2)NC(=O)[C@H](C)NC(=O)OCc2ccccc2)cc1. The van der Waals surface area contributed by atoms with E-state index in [-0.39, 0.29) is 18.6 Å². The number of morpholine rings is 1. The van der Waals surface area contributed by atoms with E-state index < -0.39 is 12.1 Å². The summed E-state index contributed by atoms with van der Waals surface area (Å²) < 4.78 is 10.7. The molecule has 0 aliphatic carbocycles. The first-order chi connectivity index (χ1) is 15.0. The molecule has 1 aliphatic heterocycles. The number of amides is 2. The van der Waals surface area contributed by atoms with Gasteiger partial charge in [0.15, 0.2) is 0 Å². The van der Waals surface area contributed by atoms with Crippen molar-refractivity contribution in [2.45, 2.75) is 32.5 Å². The van der Waals surface area contributed by atoms with Gasteiger partial charge in [0.05, 0.1) is 19.3 Å². The molecule has 7 heteroatoms. The van der Waals surface area contributed by atoms with Crippen LogP contribution in [0.4, 0.5) is 4.79 Å². The minimum absolute atomic E-state index is 0.157. The Morgan fingerprint density at radius 3 is 2.39 bits per heavy atom. The molecule has 2 amide bonds. The van der Waals surface area contributed by atoms with Gasteiger partial charge in [-0.1, -0.05) is 60.2 Å². The summed E-state index contributed by atoms with van der Waals surface area (Å²) in [5.41, 5.74) is 3.08. The van der Waals surface area contributed by atoms with Gasteiger partial charge in [0.25, 0.3) is 0 Å². The summed E-state index contributed by atoms with van der Waals surface area (Å²) in [6.45, 7) is 7.58. The Bertz CT molecular complexity index is 836. The Hall–Kier alpha value is -2.90. The van der Waals surface area contributed by atoms with Crippen molar-refractivity contribution in [1.82, 2.24) is 15.5 Å². The fraction of sp³-hybridized carbons (Fsp3) is 0.417. The van der Waals surface area contributed by atoms with Crippen LogP contribution in [-0.2, 0) is 20.9 Å². The summed E-state index contributed by atoms with van der Waals surface area (Å²) in [5, 5.41) is 5.70. The summed E-state index contributed by atoms with van der Waals surface area (Å²) in [4.78, 5) is 27.2. The molecule has 0 aromatic heterocycles. The molecule has 0 saturated carbocycles. The average molecular weight is 426 g/mol. The normalized spacial score (nSPS) is 16.2. The van der Waals surface area contributed by atoms with E-state index in [1.54, 1.807) is 6.92 Å². The lowest BCUT2D eigenvalue weighted by atomic mass is 10.0. The van der Waals surface area contributed by atoms with Crippen molar-refractivity contribution in [2.24, 2.45) is 0 Å². The van der Waals surface area contributed by atoms with E-state index in [0.29, 0.717) is 19.8 Å². The largest absolute Gasteiger partial charge is 0.445 e. The number of ether oxygens (including phenoxy) is 2. The van der Waals surface area contributed by atoms with Crippen LogP contribution in [0.1, 0.15) is 29.7 Å². The van der Waals surface area contributed by atoms with Crippen LogP contribution in [-0.4, -0.2) is 55.8 Å². The van der Waals surface area contributed by atoms with Crippen molar-refractivity contribution in [3.05, 3.63) is 71.3 Å². The van der Waals surface area contributed by atoms with Gasteiger partial charge < -0.3 is 20.1 Å². The highest BCUT2D eigenvalue weighted by Gasteiger charge is 2.23. The highest BCUT2D eigenvalue weighted by Crippen LogP contribution is 2.17. The summed E-state index contributed by atoms with van der Waals surface area (Å²) >= 11 is 0. The molecule has 2 atom stereocenters. The Morgan fingerprint density at radius 1 is 1.03 bits per heavy atom. The molecule has 0 spiro atoms. The van der Waals surface area contributed by atoms with E-state index in [1.807, 2.05) is 61.5 Å². The number of rotatable bonds is 8. The highest BCUT2D eigenvalue weighted by molar-refractivity contribution is 5.85. The molecule has 1 saturated heterocycles. The first kappa shape index (κ1) is 22.8. The first-order valence-electron chi connectivity index (χ1n) is 10.7. The van der Waals surface area contributed by atoms with Crippen molar-refractivity contribution in [3.63, 3.8) is 0 Å². The fourth-order valence-corrected chi connectivity index (χ4v) is 3.38. The van der Waals surface area contributed by atoms with Crippen molar-refractivity contribution in [1.29, 1.82) is 0 Å². The Kier molecular flexibility index (Phi) is 8.44. The number of alkyl carbamates (subject to hydrolysis) is 1. The highest BCUT2D eigenvalue weighted by atomic mass is 16.5. The second-order valence-corrected chi connectivity index (χ2v) is 7.81. The average Bonchev–Trinajstić information content (AvgIpc) is 2.79. The van der Waals surface area contributed by atoms with E-state index in [2.05, 4.69) is 15.5 Å². The van der Waals surface area contributed by atoms with E-state index in [0.717, 1.165) is 29.8 Å². The lowest BCUT2D eigenvalue weighted by molar-refractivity contribution is -0.123. The predicted octanol–water partition coefficient (Wildman–Crippen LogP) is 2.80. The van der Waals surface area contributed by atoms with Crippen molar-refractivity contribution in [2.75, 3.05) is 32.8 Å². The van der Waals surface area contributed by atoms with Gasteiger partial charge in [0.2, 0.25) is 5.91 Å². The zero-order chi connectivity index (χ0) is 22.1. The predicted molar refractivity (Wildman–Crippen MR) is 119 cm³/mol. The molecule has 2 N–H and O–H groups in total. The third kappa shape index (κ3) is 7.38. The van der Waals surface area contributed by atoms with Gasteiger partial charge in [0, 0.05) is 19.6 Å². The van der Waals surface area contributed by atoms with Crippen LogP contribution in [0.25, 0.3) is 0 Å². The molecule has 0 radical (unpaired) electrons. The van der Waals surface area contributed by atoms with Crippen LogP contribution in [0.2, 0.25) is 0 Å². The van der Waals surface area contributed by atoms with Gasteiger partial charge in [-0.05, 0) is 25.0 Å². The molecule has 0 bridgehead atoms. The van der Waals surface area contributed by atoms with Gasteiger partial charge in [-0.2, -0.15) is 0 Å². The quantitative estimate of drug-likeness (QED) is 0.680. The number of carbonyl (C=O) groups is 2. The second-order valence-electron chi connectivity index (χ2n) is 7.81. The van der Waals surface area contributed by atoms with Gasteiger partial charge in [-0.15, -0.1) is 0 Å². The monoisotopic (exact) mass is 425 g/mol. The Morgan fingerprint density at radius 2 is 1.71 bits per heavy atom. The summed E-state index contributed by atoms with van der Waals surface area (Å²) in [7, 11) is 0. The second kappa shape index (κ2) is 11.5. The lowest BCUT2D eigenvalue weighted by Crippen LogP contribution is -2.49. The smallest absolute Gasteiger partial charge is 0.408 e. The number of hydrogen-bond acceptors (Lipinski definition) is 5. The van der Waals surface area contributed by atoms with Gasteiger partial charge in [-0.3, -0.25) is 9.69 Å². The van der Waals surface area contributed by atoms with Crippen LogP contribution in [0.3, 0.4) is 0 Å². The minimum atomic E-state index is -0.721. The molecular formula is C24H31N3O4. The van der Waals surface area contributed by atoms with E-state index in [1.165, 1.54) is 0 Å². The summed E-state index contributed by atoms with van der Waals surface area (Å²) in [5.74, 6) is -0.254. The molecule has 31 heavy (non-hydrogen) atoms. The van der Waals surface area contributed by atoms with Crippen molar-refractivity contribution < 1.29 is 19.1 Å². The van der Waals surface area contributed by atoms with Gasteiger partial charge in [0.1, 0.15) is 12.6 Å². The molecule has 2 aromatic carbocycles. The maximum atomic E-state index is 12.8. The molecule has 1 heterocycles. The Labute approximate surface area is 183 Å². The van der Waals surface area contributed by atoms with Crippen LogP contribution in [0.5, 0.6) is 0 Å². The molecule has 7 nitrogen and oxygen atoms in total. The van der Waals surface area contributed by atoms with E-state index in [9.17, 15) is 9.59 Å². The van der Waals surface area contributed by atoms with Crippen LogP contribution >= 0.6 is 0 Å². The topological polar surface area (TPSA) is 79.9 Å².